The van der Waals surface area contributed by atoms with E-state index in [9.17, 15) is 8.42 Å². The van der Waals surface area contributed by atoms with Gasteiger partial charge in [0, 0.05) is 54.5 Å². The predicted octanol–water partition coefficient (Wildman–Crippen LogP) is 3.54. The first-order valence-corrected chi connectivity index (χ1v) is 11.0. The van der Waals surface area contributed by atoms with Crippen LogP contribution in [-0.2, 0) is 23.5 Å². The third-order valence-corrected chi connectivity index (χ3v) is 8.03. The fraction of sp³-hybridized carbons (Fsp3) is 0.286. The van der Waals surface area contributed by atoms with Crippen LogP contribution in [0.25, 0.3) is 21.9 Å². The second kappa shape index (κ2) is 6.32. The normalized spacial score (nSPS) is 20.7. The van der Waals surface area contributed by atoms with Crippen molar-refractivity contribution < 1.29 is 8.42 Å². The van der Waals surface area contributed by atoms with Crippen LogP contribution in [0.3, 0.4) is 0 Å². The first-order valence-electron chi connectivity index (χ1n) is 9.59. The van der Waals surface area contributed by atoms with Crippen LogP contribution in [0, 0.1) is 0 Å². The molecule has 1 N–H and O–H groups in total. The lowest BCUT2D eigenvalue weighted by molar-refractivity contribution is 0.503. The number of halogens is 1. The minimum atomic E-state index is -3.70. The standard InChI is InChI=1S/C21H20N4O2S.ClH/c1-24-18-7-5-14(12-15(18)21-17-6-4-13(23-17)11-20(21)24)28(26,27)25-10-8-16-19(25)3-2-9-22-16;/h2-3,5,7-10,12-13,17,23H,4,6,11H2,1H3;1H. The molecule has 5 heterocycles. The molecule has 29 heavy (non-hydrogen) atoms. The van der Waals surface area contributed by atoms with Gasteiger partial charge in [-0.3, -0.25) is 4.98 Å². The van der Waals surface area contributed by atoms with Crippen LogP contribution in [0.15, 0.2) is 53.7 Å². The van der Waals surface area contributed by atoms with Crippen molar-refractivity contribution in [1.29, 1.82) is 0 Å². The molecule has 2 unspecified atom stereocenters. The van der Waals surface area contributed by atoms with E-state index in [1.54, 1.807) is 36.7 Å². The third kappa shape index (κ3) is 2.51. The highest BCUT2D eigenvalue weighted by Gasteiger charge is 2.36. The van der Waals surface area contributed by atoms with Gasteiger partial charge in [0.05, 0.1) is 15.9 Å². The van der Waals surface area contributed by atoms with E-state index < -0.39 is 10.0 Å². The van der Waals surface area contributed by atoms with Gasteiger partial charge < -0.3 is 9.88 Å². The van der Waals surface area contributed by atoms with E-state index in [1.165, 1.54) is 21.7 Å². The van der Waals surface area contributed by atoms with Gasteiger partial charge in [-0.1, -0.05) is 0 Å². The molecule has 0 spiro atoms. The van der Waals surface area contributed by atoms with Crippen molar-refractivity contribution in [2.45, 2.75) is 36.2 Å². The van der Waals surface area contributed by atoms with E-state index in [0.717, 1.165) is 23.7 Å². The monoisotopic (exact) mass is 428 g/mol. The Labute approximate surface area is 175 Å². The minimum Gasteiger partial charge on any atom is -0.347 e. The Kier molecular flexibility index (Phi) is 4.07. The maximum Gasteiger partial charge on any atom is 0.268 e. The summed E-state index contributed by atoms with van der Waals surface area (Å²) in [5.74, 6) is 0. The topological polar surface area (TPSA) is 68.9 Å². The fourth-order valence-corrected chi connectivity index (χ4v) is 6.38. The summed E-state index contributed by atoms with van der Waals surface area (Å²) >= 11 is 0. The van der Waals surface area contributed by atoms with Gasteiger partial charge >= 0.3 is 0 Å². The van der Waals surface area contributed by atoms with Crippen molar-refractivity contribution in [2.75, 3.05) is 0 Å². The van der Waals surface area contributed by atoms with Gasteiger partial charge in [-0.05, 0) is 54.8 Å². The number of pyridine rings is 1. The molecule has 150 valence electrons. The average molecular weight is 429 g/mol. The van der Waals surface area contributed by atoms with Gasteiger partial charge in [0.1, 0.15) is 0 Å². The second-order valence-corrected chi connectivity index (χ2v) is 9.64. The van der Waals surface area contributed by atoms with E-state index in [1.807, 2.05) is 12.1 Å². The lowest BCUT2D eigenvalue weighted by Gasteiger charge is -2.23. The van der Waals surface area contributed by atoms with Gasteiger partial charge in [0.25, 0.3) is 10.0 Å². The third-order valence-electron chi connectivity index (χ3n) is 6.34. The first-order chi connectivity index (χ1) is 13.5. The molecule has 2 atom stereocenters. The summed E-state index contributed by atoms with van der Waals surface area (Å²) in [7, 11) is -1.61. The molecular weight excluding hydrogens is 408 g/mol. The summed E-state index contributed by atoms with van der Waals surface area (Å²) in [5.41, 5.74) is 4.98. The molecular formula is C21H21ClN4O2S. The van der Waals surface area contributed by atoms with Crippen molar-refractivity contribution in [2.24, 2.45) is 7.05 Å². The second-order valence-electron chi connectivity index (χ2n) is 7.82. The molecule has 0 radical (unpaired) electrons. The van der Waals surface area contributed by atoms with Gasteiger partial charge in [-0.2, -0.15) is 0 Å². The van der Waals surface area contributed by atoms with E-state index >= 15 is 0 Å². The number of hydrogen-bond acceptors (Lipinski definition) is 4. The molecule has 0 amide bonds. The summed E-state index contributed by atoms with van der Waals surface area (Å²) in [4.78, 5) is 4.56. The Bertz CT molecular complexity index is 1370. The Balaban J connectivity index is 0.00000181. The number of rotatable bonds is 2. The van der Waals surface area contributed by atoms with Gasteiger partial charge in [-0.15, -0.1) is 12.4 Å². The molecule has 1 saturated heterocycles. The first kappa shape index (κ1) is 18.7. The van der Waals surface area contributed by atoms with Gasteiger partial charge in [0.15, 0.2) is 0 Å². The Morgan fingerprint density at radius 1 is 1.14 bits per heavy atom. The molecule has 6 nitrogen and oxygen atoms in total. The number of hydrogen-bond donors (Lipinski definition) is 1. The zero-order valence-corrected chi connectivity index (χ0v) is 17.5. The van der Waals surface area contributed by atoms with Crippen LogP contribution in [0.4, 0.5) is 0 Å². The summed E-state index contributed by atoms with van der Waals surface area (Å²) < 4.78 is 30.4. The zero-order valence-electron chi connectivity index (χ0n) is 15.9. The van der Waals surface area contributed by atoms with E-state index in [-0.39, 0.29) is 12.4 Å². The largest absolute Gasteiger partial charge is 0.347 e. The molecule has 2 aliphatic heterocycles. The quantitative estimate of drug-likeness (QED) is 0.530. The molecule has 1 aromatic carbocycles. The maximum atomic E-state index is 13.4. The Morgan fingerprint density at radius 2 is 2.00 bits per heavy atom. The highest BCUT2D eigenvalue weighted by Crippen LogP contribution is 2.42. The number of nitrogens with one attached hydrogen (secondary N) is 1. The molecule has 1 fully saturated rings. The van der Waals surface area contributed by atoms with E-state index in [2.05, 4.69) is 21.9 Å². The summed E-state index contributed by atoms with van der Waals surface area (Å²) in [6.45, 7) is 0. The zero-order chi connectivity index (χ0) is 19.0. The minimum absolute atomic E-state index is 0. The van der Waals surface area contributed by atoms with E-state index in [0.29, 0.717) is 28.0 Å². The average Bonchev–Trinajstić information content (AvgIpc) is 3.38. The van der Waals surface area contributed by atoms with Crippen molar-refractivity contribution in [3.8, 4) is 0 Å². The summed E-state index contributed by atoms with van der Waals surface area (Å²) in [6.07, 6.45) is 6.56. The lowest BCUT2D eigenvalue weighted by Crippen LogP contribution is -2.32. The molecule has 2 bridgehead atoms. The van der Waals surface area contributed by atoms with Crippen molar-refractivity contribution in [1.82, 2.24) is 18.8 Å². The van der Waals surface area contributed by atoms with Crippen LogP contribution in [0.5, 0.6) is 0 Å². The number of aryl methyl sites for hydroxylation is 1. The van der Waals surface area contributed by atoms with E-state index in [4.69, 9.17) is 0 Å². The van der Waals surface area contributed by atoms with Gasteiger partial charge in [0.2, 0.25) is 0 Å². The van der Waals surface area contributed by atoms with Gasteiger partial charge in [-0.25, -0.2) is 12.4 Å². The van der Waals surface area contributed by atoms with Crippen molar-refractivity contribution in [3.63, 3.8) is 0 Å². The molecule has 0 aliphatic carbocycles. The number of nitrogens with zero attached hydrogens (tertiary/aromatic N) is 3. The number of fused-ring (bicyclic) bond motifs is 7. The number of aromatic nitrogens is 3. The molecule has 6 rings (SSSR count). The van der Waals surface area contributed by atoms with Crippen LogP contribution in [-0.4, -0.2) is 28.0 Å². The molecule has 0 saturated carbocycles. The lowest BCUT2D eigenvalue weighted by atomic mass is 9.99. The Hall–Kier alpha value is -2.35. The Morgan fingerprint density at radius 3 is 2.86 bits per heavy atom. The van der Waals surface area contributed by atoms with Crippen LogP contribution < -0.4 is 5.32 Å². The van der Waals surface area contributed by atoms with Crippen LogP contribution in [0.2, 0.25) is 0 Å². The summed E-state index contributed by atoms with van der Waals surface area (Å²) in [5, 5.41) is 4.73. The molecule has 8 heteroatoms. The SMILES string of the molecule is Cl.Cn1c2c(c3cc(S(=O)(=O)n4ccc5ncccc54)ccc31)C1CCC(C2)N1. The highest BCUT2D eigenvalue weighted by atomic mass is 35.5. The highest BCUT2D eigenvalue weighted by molar-refractivity contribution is 7.90. The molecule has 4 aromatic rings. The maximum absolute atomic E-state index is 13.4. The fourth-order valence-electron chi connectivity index (χ4n) is 5.01. The van der Waals surface area contributed by atoms with Crippen LogP contribution >= 0.6 is 12.4 Å². The predicted molar refractivity (Wildman–Crippen MR) is 115 cm³/mol. The van der Waals surface area contributed by atoms with Crippen molar-refractivity contribution >= 4 is 44.4 Å². The molecule has 2 aliphatic rings. The smallest absolute Gasteiger partial charge is 0.268 e. The molecule has 3 aromatic heterocycles. The van der Waals surface area contributed by atoms with Crippen molar-refractivity contribution in [3.05, 3.63) is 60.0 Å². The van der Waals surface area contributed by atoms with Crippen LogP contribution in [0.1, 0.15) is 30.1 Å². The number of benzene rings is 1. The summed E-state index contributed by atoms with van der Waals surface area (Å²) in [6, 6.07) is 11.7.